The van der Waals surface area contributed by atoms with Crippen molar-refractivity contribution in [3.63, 3.8) is 0 Å². The molecule has 0 saturated carbocycles. The lowest BCUT2D eigenvalue weighted by Gasteiger charge is -2.10. The molecule has 3 nitrogen and oxygen atoms in total. The third-order valence-electron chi connectivity index (χ3n) is 4.07. The van der Waals surface area contributed by atoms with Gasteiger partial charge >= 0.3 is 0 Å². The van der Waals surface area contributed by atoms with Gasteiger partial charge in [0.2, 0.25) is 0 Å². The number of fused-ring (bicyclic) bond motifs is 1. The summed E-state index contributed by atoms with van der Waals surface area (Å²) >= 11 is 0. The van der Waals surface area contributed by atoms with E-state index in [0.717, 1.165) is 22.8 Å². The number of hydrogen-bond acceptors (Lipinski definition) is 2. The van der Waals surface area contributed by atoms with Crippen LogP contribution in [0.3, 0.4) is 0 Å². The number of amides is 1. The van der Waals surface area contributed by atoms with Crippen LogP contribution in [0.2, 0.25) is 0 Å². The number of carbonyl (C=O) groups excluding carboxylic acids is 2. The fraction of sp³-hybridized carbons (Fsp3) is 0.136. The van der Waals surface area contributed by atoms with Crippen LogP contribution in [0.25, 0.3) is 10.8 Å². The third-order valence-corrected chi connectivity index (χ3v) is 4.07. The molecule has 1 amide bonds. The first-order valence-corrected chi connectivity index (χ1v) is 8.44. The van der Waals surface area contributed by atoms with E-state index in [1.807, 2.05) is 67.6 Å². The summed E-state index contributed by atoms with van der Waals surface area (Å²) in [5.41, 5.74) is 2.02. The first-order chi connectivity index (χ1) is 12.2. The Labute approximate surface area is 147 Å². The van der Waals surface area contributed by atoms with Gasteiger partial charge in [-0.15, -0.1) is 0 Å². The number of Topliss-reactive ketones (excluding diaryl/α,β-unsaturated/α-hetero) is 1. The largest absolute Gasteiger partial charge is 0.343 e. The van der Waals surface area contributed by atoms with Gasteiger partial charge in [0.15, 0.2) is 5.78 Å². The molecule has 1 N–H and O–H groups in total. The maximum atomic E-state index is 12.5. The van der Waals surface area contributed by atoms with Gasteiger partial charge in [0.05, 0.1) is 6.54 Å². The molecule has 0 unspecified atom stereocenters. The van der Waals surface area contributed by atoms with Crippen molar-refractivity contribution in [2.45, 2.75) is 19.8 Å². The summed E-state index contributed by atoms with van der Waals surface area (Å²) in [6.07, 6.45) is 1.26. The smallest absolute Gasteiger partial charge is 0.251 e. The van der Waals surface area contributed by atoms with Crippen molar-refractivity contribution in [3.8, 4) is 0 Å². The quantitative estimate of drug-likeness (QED) is 0.662. The molecule has 0 aliphatic carbocycles. The molecule has 3 rings (SSSR count). The van der Waals surface area contributed by atoms with Crippen LogP contribution in [0.5, 0.6) is 0 Å². The fourth-order valence-corrected chi connectivity index (χ4v) is 2.82. The Kier molecular flexibility index (Phi) is 5.24. The molecule has 125 valence electrons. The van der Waals surface area contributed by atoms with Gasteiger partial charge in [-0.05, 0) is 34.9 Å². The average molecular weight is 330 g/mol. The molecular formula is C22H20NO2. The summed E-state index contributed by atoms with van der Waals surface area (Å²) < 4.78 is 0. The Balaban J connectivity index is 1.90. The minimum Gasteiger partial charge on any atom is -0.343 e. The zero-order chi connectivity index (χ0) is 17.6. The van der Waals surface area contributed by atoms with E-state index in [4.69, 9.17) is 0 Å². The van der Waals surface area contributed by atoms with E-state index in [-0.39, 0.29) is 11.7 Å². The summed E-state index contributed by atoms with van der Waals surface area (Å²) in [5, 5.41) is 4.59. The van der Waals surface area contributed by atoms with E-state index in [2.05, 4.69) is 5.32 Å². The minimum atomic E-state index is -0.222. The van der Waals surface area contributed by atoms with Gasteiger partial charge in [-0.25, -0.2) is 0 Å². The highest BCUT2D eigenvalue weighted by molar-refractivity contribution is 6.11. The zero-order valence-corrected chi connectivity index (χ0v) is 14.2. The monoisotopic (exact) mass is 330 g/mol. The van der Waals surface area contributed by atoms with Crippen LogP contribution in [0.4, 0.5) is 0 Å². The molecule has 0 atom stereocenters. The molecule has 0 heterocycles. The van der Waals surface area contributed by atoms with Gasteiger partial charge in [0, 0.05) is 17.5 Å². The topological polar surface area (TPSA) is 46.2 Å². The minimum absolute atomic E-state index is 0.0698. The van der Waals surface area contributed by atoms with Crippen molar-refractivity contribution >= 4 is 22.5 Å². The number of carbonyl (C=O) groups is 2. The lowest BCUT2D eigenvalue weighted by molar-refractivity contribution is 0.0965. The van der Waals surface area contributed by atoms with E-state index in [0.29, 0.717) is 17.5 Å². The average Bonchev–Trinajstić information content (AvgIpc) is 2.66. The maximum absolute atomic E-state index is 12.5. The Morgan fingerprint density at radius 2 is 1.68 bits per heavy atom. The Morgan fingerprint density at radius 1 is 0.960 bits per heavy atom. The molecule has 0 aromatic heterocycles. The summed E-state index contributed by atoms with van der Waals surface area (Å²) in [6, 6.07) is 20.8. The van der Waals surface area contributed by atoms with Gasteiger partial charge in [0.25, 0.3) is 5.91 Å². The number of rotatable bonds is 6. The SMILES string of the molecule is CCCC(=O)c1cc(C(=O)N[CH]c2ccccc2)cc2ccccc12. The van der Waals surface area contributed by atoms with E-state index >= 15 is 0 Å². The summed E-state index contributed by atoms with van der Waals surface area (Å²) in [5.74, 6) is -0.152. The van der Waals surface area contributed by atoms with Crippen molar-refractivity contribution < 1.29 is 9.59 Å². The second-order valence-corrected chi connectivity index (χ2v) is 5.95. The molecule has 0 aliphatic rings. The molecular weight excluding hydrogens is 310 g/mol. The normalized spacial score (nSPS) is 10.6. The van der Waals surface area contributed by atoms with Crippen LogP contribution in [-0.4, -0.2) is 11.7 Å². The van der Waals surface area contributed by atoms with Gasteiger partial charge in [-0.2, -0.15) is 0 Å². The number of nitrogens with one attached hydrogen (secondary N) is 1. The van der Waals surface area contributed by atoms with Gasteiger partial charge in [-0.1, -0.05) is 61.5 Å². The van der Waals surface area contributed by atoms with Gasteiger partial charge < -0.3 is 5.32 Å². The third kappa shape index (κ3) is 3.94. The molecule has 3 aromatic rings. The van der Waals surface area contributed by atoms with Crippen molar-refractivity contribution in [1.29, 1.82) is 0 Å². The molecule has 3 aromatic carbocycles. The standard InChI is InChI=1S/C22H20NO2/c1-2-8-21(24)20-14-18(13-17-11-6-7-12-19(17)20)22(25)23-15-16-9-4-3-5-10-16/h3-7,9-15H,2,8H2,1H3,(H,23,25). The maximum Gasteiger partial charge on any atom is 0.251 e. The second-order valence-electron chi connectivity index (χ2n) is 5.95. The van der Waals surface area contributed by atoms with Crippen LogP contribution >= 0.6 is 0 Å². The highest BCUT2D eigenvalue weighted by atomic mass is 16.1. The van der Waals surface area contributed by atoms with Gasteiger partial charge in [-0.3, -0.25) is 9.59 Å². The molecule has 0 aliphatic heterocycles. The lowest BCUT2D eigenvalue weighted by atomic mass is 9.96. The first kappa shape index (κ1) is 16.9. The first-order valence-electron chi connectivity index (χ1n) is 8.44. The molecule has 0 spiro atoms. The van der Waals surface area contributed by atoms with E-state index in [1.54, 1.807) is 12.6 Å². The van der Waals surface area contributed by atoms with Crippen LogP contribution in [0.15, 0.2) is 66.7 Å². The molecule has 0 bridgehead atoms. The second kappa shape index (κ2) is 7.75. The van der Waals surface area contributed by atoms with Crippen molar-refractivity contribution in [3.05, 3.63) is 90.0 Å². The Bertz CT molecular complexity index is 900. The van der Waals surface area contributed by atoms with Gasteiger partial charge in [0.1, 0.15) is 0 Å². The Morgan fingerprint density at radius 3 is 2.44 bits per heavy atom. The highest BCUT2D eigenvalue weighted by Crippen LogP contribution is 2.23. The predicted molar refractivity (Wildman–Crippen MR) is 100 cm³/mol. The van der Waals surface area contributed by atoms with E-state index in [1.165, 1.54) is 0 Å². The fourth-order valence-electron chi connectivity index (χ4n) is 2.82. The Hall–Kier alpha value is -2.94. The molecule has 0 saturated heterocycles. The summed E-state index contributed by atoms with van der Waals surface area (Å²) in [4.78, 5) is 25.0. The summed E-state index contributed by atoms with van der Waals surface area (Å²) in [6.45, 7) is 3.65. The van der Waals surface area contributed by atoms with Crippen LogP contribution in [-0.2, 0) is 0 Å². The molecule has 0 fully saturated rings. The van der Waals surface area contributed by atoms with Crippen LogP contribution in [0, 0.1) is 6.54 Å². The molecule has 25 heavy (non-hydrogen) atoms. The van der Waals surface area contributed by atoms with Crippen molar-refractivity contribution in [1.82, 2.24) is 5.32 Å². The number of hydrogen-bond donors (Lipinski definition) is 1. The summed E-state index contributed by atoms with van der Waals surface area (Å²) in [7, 11) is 0. The predicted octanol–water partition coefficient (Wildman–Crippen LogP) is 4.76. The lowest BCUT2D eigenvalue weighted by Crippen LogP contribution is -2.21. The van der Waals surface area contributed by atoms with Crippen LogP contribution < -0.4 is 5.32 Å². The number of benzene rings is 3. The van der Waals surface area contributed by atoms with Crippen LogP contribution in [0.1, 0.15) is 46.0 Å². The highest BCUT2D eigenvalue weighted by Gasteiger charge is 2.14. The van der Waals surface area contributed by atoms with E-state index in [9.17, 15) is 9.59 Å². The van der Waals surface area contributed by atoms with Crippen molar-refractivity contribution in [2.24, 2.45) is 0 Å². The van der Waals surface area contributed by atoms with E-state index < -0.39 is 0 Å². The molecule has 3 heteroatoms. The van der Waals surface area contributed by atoms with Crippen molar-refractivity contribution in [2.75, 3.05) is 0 Å². The zero-order valence-electron chi connectivity index (χ0n) is 14.2. The number of ketones is 1. The molecule has 1 radical (unpaired) electrons.